The number of hydrogen-bond donors (Lipinski definition) is 2. The topological polar surface area (TPSA) is 50.4 Å². The summed E-state index contributed by atoms with van der Waals surface area (Å²) in [6.07, 6.45) is 2.01. The predicted molar refractivity (Wildman–Crippen MR) is 66.7 cm³/mol. The minimum absolute atomic E-state index is 0.140. The van der Waals surface area contributed by atoms with Gasteiger partial charge in [-0.05, 0) is 30.7 Å². The van der Waals surface area contributed by atoms with E-state index >= 15 is 0 Å². The van der Waals surface area contributed by atoms with Crippen molar-refractivity contribution in [1.82, 2.24) is 10.6 Å². The molecular weight excluding hydrogens is 216 g/mol. The minimum atomic E-state index is 0.140. The van der Waals surface area contributed by atoms with E-state index in [0.717, 1.165) is 45.7 Å². The smallest absolute Gasteiger partial charge is 0.223 e. The summed E-state index contributed by atoms with van der Waals surface area (Å²) < 4.78 is 5.37. The number of nitrogens with one attached hydrogen (secondary N) is 2. The summed E-state index contributed by atoms with van der Waals surface area (Å²) in [6, 6.07) is 0. The average Bonchev–Trinajstić information content (AvgIpc) is 2.74. The third kappa shape index (κ3) is 3.19. The second-order valence-electron chi connectivity index (χ2n) is 5.90. The summed E-state index contributed by atoms with van der Waals surface area (Å²) >= 11 is 0. The maximum atomic E-state index is 12.1. The van der Waals surface area contributed by atoms with Crippen LogP contribution in [0.4, 0.5) is 0 Å². The van der Waals surface area contributed by atoms with Gasteiger partial charge in [-0.2, -0.15) is 0 Å². The third-order valence-corrected chi connectivity index (χ3v) is 4.12. The molecule has 2 saturated heterocycles. The summed E-state index contributed by atoms with van der Waals surface area (Å²) in [6.45, 7) is 8.65. The fourth-order valence-electron chi connectivity index (χ4n) is 2.72. The van der Waals surface area contributed by atoms with Gasteiger partial charge in [0, 0.05) is 32.2 Å². The zero-order chi connectivity index (χ0) is 12.3. The highest BCUT2D eigenvalue weighted by Gasteiger charge is 2.32. The van der Waals surface area contributed by atoms with Gasteiger partial charge in [0.05, 0.1) is 0 Å². The van der Waals surface area contributed by atoms with Crippen molar-refractivity contribution in [3.8, 4) is 0 Å². The fraction of sp³-hybridized carbons (Fsp3) is 0.923. The van der Waals surface area contributed by atoms with E-state index in [9.17, 15) is 4.79 Å². The normalized spacial score (nSPS) is 38.0. The van der Waals surface area contributed by atoms with Gasteiger partial charge >= 0.3 is 0 Å². The highest BCUT2D eigenvalue weighted by Crippen LogP contribution is 2.25. The maximum Gasteiger partial charge on any atom is 0.223 e. The molecule has 4 nitrogen and oxygen atoms in total. The van der Waals surface area contributed by atoms with Gasteiger partial charge < -0.3 is 15.4 Å². The SMILES string of the molecule is CC1COCCC1C(=O)NCC1(C)CCNC1. The monoisotopic (exact) mass is 240 g/mol. The molecule has 2 aliphatic heterocycles. The van der Waals surface area contributed by atoms with E-state index in [2.05, 4.69) is 24.5 Å². The zero-order valence-corrected chi connectivity index (χ0v) is 10.9. The van der Waals surface area contributed by atoms with Gasteiger partial charge in [-0.15, -0.1) is 0 Å². The first kappa shape index (κ1) is 12.8. The molecule has 0 bridgehead atoms. The quantitative estimate of drug-likeness (QED) is 0.766. The highest BCUT2D eigenvalue weighted by atomic mass is 16.5. The van der Waals surface area contributed by atoms with Crippen LogP contribution in [0.2, 0.25) is 0 Å². The molecule has 98 valence electrons. The van der Waals surface area contributed by atoms with Crippen LogP contribution in [0.25, 0.3) is 0 Å². The molecule has 1 amide bonds. The van der Waals surface area contributed by atoms with Crippen LogP contribution in [0.3, 0.4) is 0 Å². The molecule has 0 aromatic rings. The second kappa shape index (κ2) is 5.36. The summed E-state index contributed by atoms with van der Waals surface area (Å²) in [5, 5.41) is 6.48. The Balaban J connectivity index is 1.80. The molecule has 2 rings (SSSR count). The van der Waals surface area contributed by atoms with Gasteiger partial charge in [-0.1, -0.05) is 13.8 Å². The Hall–Kier alpha value is -0.610. The predicted octanol–water partition coefficient (Wildman–Crippen LogP) is 0.775. The summed E-state index contributed by atoms with van der Waals surface area (Å²) in [5.74, 6) is 0.703. The molecule has 2 fully saturated rings. The van der Waals surface area contributed by atoms with Crippen molar-refractivity contribution in [2.24, 2.45) is 17.3 Å². The molecular formula is C13H24N2O2. The van der Waals surface area contributed by atoms with E-state index < -0.39 is 0 Å². The van der Waals surface area contributed by atoms with Crippen molar-refractivity contribution in [2.75, 3.05) is 32.8 Å². The molecule has 0 saturated carbocycles. The first-order chi connectivity index (χ1) is 8.11. The average molecular weight is 240 g/mol. The van der Waals surface area contributed by atoms with Crippen LogP contribution in [0.5, 0.6) is 0 Å². The van der Waals surface area contributed by atoms with Crippen LogP contribution in [-0.4, -0.2) is 38.8 Å². The summed E-state index contributed by atoms with van der Waals surface area (Å²) in [4.78, 5) is 12.1. The van der Waals surface area contributed by atoms with Crippen LogP contribution < -0.4 is 10.6 Å². The van der Waals surface area contributed by atoms with E-state index in [1.165, 1.54) is 0 Å². The van der Waals surface area contributed by atoms with Crippen LogP contribution >= 0.6 is 0 Å². The van der Waals surface area contributed by atoms with Crippen molar-refractivity contribution < 1.29 is 9.53 Å². The van der Waals surface area contributed by atoms with Crippen molar-refractivity contribution in [1.29, 1.82) is 0 Å². The zero-order valence-electron chi connectivity index (χ0n) is 10.9. The van der Waals surface area contributed by atoms with Gasteiger partial charge in [0.2, 0.25) is 5.91 Å². The van der Waals surface area contributed by atoms with E-state index in [1.807, 2.05) is 0 Å². The first-order valence-corrected chi connectivity index (χ1v) is 6.67. The Labute approximate surface area is 103 Å². The van der Waals surface area contributed by atoms with Gasteiger partial charge in [0.25, 0.3) is 0 Å². The van der Waals surface area contributed by atoms with Crippen molar-refractivity contribution >= 4 is 5.91 Å². The van der Waals surface area contributed by atoms with Crippen molar-refractivity contribution in [2.45, 2.75) is 26.7 Å². The molecule has 3 atom stereocenters. The first-order valence-electron chi connectivity index (χ1n) is 6.67. The minimum Gasteiger partial charge on any atom is -0.381 e. The van der Waals surface area contributed by atoms with Crippen LogP contribution in [0, 0.1) is 17.3 Å². The molecule has 2 aliphatic rings. The van der Waals surface area contributed by atoms with E-state index in [-0.39, 0.29) is 17.2 Å². The van der Waals surface area contributed by atoms with Gasteiger partial charge in [-0.3, -0.25) is 4.79 Å². The molecule has 0 spiro atoms. The summed E-state index contributed by atoms with van der Waals surface area (Å²) in [5.41, 5.74) is 0.240. The number of ether oxygens (including phenoxy) is 1. The molecule has 2 heterocycles. The lowest BCUT2D eigenvalue weighted by molar-refractivity contribution is -0.131. The van der Waals surface area contributed by atoms with E-state index in [0.29, 0.717) is 5.92 Å². The molecule has 4 heteroatoms. The van der Waals surface area contributed by atoms with E-state index in [4.69, 9.17) is 4.74 Å². The number of hydrogen-bond acceptors (Lipinski definition) is 3. The maximum absolute atomic E-state index is 12.1. The number of rotatable bonds is 3. The van der Waals surface area contributed by atoms with Gasteiger partial charge in [0.15, 0.2) is 0 Å². The molecule has 0 aromatic heterocycles. The van der Waals surface area contributed by atoms with Gasteiger partial charge in [-0.25, -0.2) is 0 Å². The number of carbonyl (C=O) groups is 1. The standard InChI is InChI=1S/C13H24N2O2/c1-10-7-17-6-3-11(10)12(16)15-9-13(2)4-5-14-8-13/h10-11,14H,3-9H2,1-2H3,(H,15,16). The summed E-state index contributed by atoms with van der Waals surface area (Å²) in [7, 11) is 0. The largest absolute Gasteiger partial charge is 0.381 e. The third-order valence-electron chi connectivity index (χ3n) is 4.12. The van der Waals surface area contributed by atoms with Gasteiger partial charge in [0.1, 0.15) is 0 Å². The number of amides is 1. The lowest BCUT2D eigenvalue weighted by Crippen LogP contribution is -2.43. The van der Waals surface area contributed by atoms with Crippen molar-refractivity contribution in [3.63, 3.8) is 0 Å². The Morgan fingerprint density at radius 1 is 1.59 bits per heavy atom. The van der Waals surface area contributed by atoms with E-state index in [1.54, 1.807) is 0 Å². The Morgan fingerprint density at radius 3 is 3.06 bits per heavy atom. The lowest BCUT2D eigenvalue weighted by atomic mass is 9.87. The molecule has 0 radical (unpaired) electrons. The van der Waals surface area contributed by atoms with Crippen molar-refractivity contribution in [3.05, 3.63) is 0 Å². The molecule has 0 aliphatic carbocycles. The Morgan fingerprint density at radius 2 is 2.41 bits per heavy atom. The molecule has 3 unspecified atom stereocenters. The van der Waals surface area contributed by atoms with Crippen LogP contribution in [0.1, 0.15) is 26.7 Å². The Bertz CT molecular complexity index is 275. The molecule has 2 N–H and O–H groups in total. The highest BCUT2D eigenvalue weighted by molar-refractivity contribution is 5.79. The second-order valence-corrected chi connectivity index (χ2v) is 5.90. The molecule has 17 heavy (non-hydrogen) atoms. The van der Waals surface area contributed by atoms with Crippen LogP contribution in [0.15, 0.2) is 0 Å². The number of carbonyl (C=O) groups excluding carboxylic acids is 1. The Kier molecular flexibility index (Phi) is 4.05. The lowest BCUT2D eigenvalue weighted by Gasteiger charge is -2.30. The van der Waals surface area contributed by atoms with Crippen LogP contribution in [-0.2, 0) is 9.53 Å². The fourth-order valence-corrected chi connectivity index (χ4v) is 2.72. The molecule has 0 aromatic carbocycles.